The van der Waals surface area contributed by atoms with Gasteiger partial charge in [0.25, 0.3) is 0 Å². The van der Waals surface area contributed by atoms with Crippen molar-refractivity contribution in [1.82, 2.24) is 4.90 Å². The van der Waals surface area contributed by atoms with Crippen molar-refractivity contribution in [3.05, 3.63) is 54.6 Å². The third-order valence-corrected chi connectivity index (χ3v) is 5.14. The van der Waals surface area contributed by atoms with E-state index in [2.05, 4.69) is 34.1 Å². The molecule has 0 spiro atoms. The highest BCUT2D eigenvalue weighted by Crippen LogP contribution is 2.30. The topological polar surface area (TPSA) is 54.4 Å². The Morgan fingerprint density at radius 3 is 2.46 bits per heavy atom. The molecule has 4 rings (SSSR count). The summed E-state index contributed by atoms with van der Waals surface area (Å²) < 4.78 is 17.2. The molecule has 1 fully saturated rings. The third-order valence-electron chi connectivity index (χ3n) is 5.14. The zero-order chi connectivity index (χ0) is 19.2. The van der Waals surface area contributed by atoms with E-state index in [4.69, 9.17) is 14.2 Å². The molecule has 0 amide bonds. The van der Waals surface area contributed by atoms with Crippen molar-refractivity contribution in [2.24, 2.45) is 0 Å². The zero-order valence-corrected chi connectivity index (χ0v) is 16.1. The molecule has 0 unspecified atom stereocenters. The number of benzene rings is 2. The van der Waals surface area contributed by atoms with Crippen molar-refractivity contribution < 1.29 is 19.3 Å². The lowest BCUT2D eigenvalue weighted by molar-refractivity contribution is -0.0292. The van der Waals surface area contributed by atoms with Gasteiger partial charge in [0.2, 0.25) is 0 Å². The van der Waals surface area contributed by atoms with Crippen molar-refractivity contribution in [3.63, 3.8) is 0 Å². The van der Waals surface area contributed by atoms with Crippen molar-refractivity contribution >= 4 is 5.69 Å². The molecule has 0 aromatic heterocycles. The Kier molecular flexibility index (Phi) is 6.31. The molecule has 1 N–H and O–H groups in total. The highest BCUT2D eigenvalue weighted by molar-refractivity contribution is 5.46. The lowest BCUT2D eigenvalue weighted by Crippen LogP contribution is -2.49. The van der Waals surface area contributed by atoms with Gasteiger partial charge in [0, 0.05) is 38.4 Å². The molecule has 6 heteroatoms. The van der Waals surface area contributed by atoms with E-state index in [1.165, 1.54) is 5.69 Å². The molecule has 0 saturated carbocycles. The number of anilines is 1. The predicted molar refractivity (Wildman–Crippen MR) is 108 cm³/mol. The number of β-amino-alcohol motifs (C(OH)–C–C–N with tert-alkyl or cyclic N) is 1. The van der Waals surface area contributed by atoms with Crippen LogP contribution in [0.1, 0.15) is 0 Å². The molecule has 0 bridgehead atoms. The van der Waals surface area contributed by atoms with E-state index in [1.54, 1.807) is 0 Å². The van der Waals surface area contributed by atoms with E-state index >= 15 is 0 Å². The Bertz CT molecular complexity index is 734. The van der Waals surface area contributed by atoms with E-state index in [0.717, 1.165) is 37.7 Å². The quantitative estimate of drug-likeness (QED) is 0.788. The van der Waals surface area contributed by atoms with E-state index < -0.39 is 6.10 Å². The molecule has 0 radical (unpaired) electrons. The molecule has 150 valence electrons. The van der Waals surface area contributed by atoms with Gasteiger partial charge >= 0.3 is 0 Å². The zero-order valence-electron chi connectivity index (χ0n) is 16.1. The lowest BCUT2D eigenvalue weighted by Gasteiger charge is -2.36. The Morgan fingerprint density at radius 2 is 1.68 bits per heavy atom. The van der Waals surface area contributed by atoms with Crippen LogP contribution in [0.5, 0.6) is 11.5 Å². The van der Waals surface area contributed by atoms with Crippen LogP contribution in [0.25, 0.3) is 0 Å². The van der Waals surface area contributed by atoms with Gasteiger partial charge in [0.05, 0.1) is 19.3 Å². The van der Waals surface area contributed by atoms with Gasteiger partial charge in [-0.15, -0.1) is 0 Å². The maximum Gasteiger partial charge on any atom is 0.161 e. The smallest absolute Gasteiger partial charge is 0.161 e. The highest BCUT2D eigenvalue weighted by Gasteiger charge is 2.22. The Balaban J connectivity index is 1.14. The number of aliphatic hydroxyl groups excluding tert-OH is 1. The summed E-state index contributed by atoms with van der Waals surface area (Å²) in [5.41, 5.74) is 1.27. The second-order valence-electron chi connectivity index (χ2n) is 7.31. The van der Waals surface area contributed by atoms with Crippen molar-refractivity contribution in [3.8, 4) is 11.5 Å². The molecule has 28 heavy (non-hydrogen) atoms. The monoisotopic (exact) mass is 384 g/mol. The number of para-hydroxylation sites is 3. The summed E-state index contributed by atoms with van der Waals surface area (Å²) in [5.74, 6) is 1.52. The van der Waals surface area contributed by atoms with Gasteiger partial charge in [0.1, 0.15) is 6.61 Å². The second kappa shape index (κ2) is 9.28. The maximum absolute atomic E-state index is 10.3. The number of ether oxygens (including phenoxy) is 3. The van der Waals surface area contributed by atoms with E-state index in [9.17, 15) is 5.11 Å². The number of nitrogens with zero attached hydrogens (tertiary/aromatic N) is 2. The number of rotatable bonds is 7. The third kappa shape index (κ3) is 4.95. The minimum absolute atomic E-state index is 0.142. The maximum atomic E-state index is 10.3. The van der Waals surface area contributed by atoms with E-state index in [-0.39, 0.29) is 6.10 Å². The molecular formula is C22H28N2O4. The fourth-order valence-electron chi connectivity index (χ4n) is 3.66. The average molecular weight is 384 g/mol. The van der Waals surface area contributed by atoms with Crippen LogP contribution < -0.4 is 14.4 Å². The molecule has 2 aliphatic heterocycles. The van der Waals surface area contributed by atoms with Crippen molar-refractivity contribution in [2.45, 2.75) is 12.2 Å². The normalized spacial score (nSPS) is 20.8. The predicted octanol–water partition coefficient (Wildman–Crippen LogP) is 2.03. The van der Waals surface area contributed by atoms with Gasteiger partial charge in [0.15, 0.2) is 17.6 Å². The van der Waals surface area contributed by atoms with E-state index in [1.807, 2.05) is 30.3 Å². The van der Waals surface area contributed by atoms with Gasteiger partial charge in [-0.1, -0.05) is 30.3 Å². The molecule has 2 atom stereocenters. The summed E-state index contributed by atoms with van der Waals surface area (Å²) in [6.07, 6.45) is -0.642. The molecule has 2 aliphatic rings. The average Bonchev–Trinajstić information content (AvgIpc) is 2.75. The second-order valence-corrected chi connectivity index (χ2v) is 7.31. The molecular weight excluding hydrogens is 356 g/mol. The SMILES string of the molecule is O[C@@H](COC[C@@H]1COc2ccccc2O1)CN1CCN(c2ccccc2)CC1. The highest BCUT2D eigenvalue weighted by atomic mass is 16.6. The van der Waals surface area contributed by atoms with Gasteiger partial charge in [-0.2, -0.15) is 0 Å². The van der Waals surface area contributed by atoms with E-state index in [0.29, 0.717) is 26.4 Å². The number of hydrogen-bond donors (Lipinski definition) is 1. The first kappa shape index (κ1) is 19.1. The molecule has 2 aromatic carbocycles. The number of hydrogen-bond acceptors (Lipinski definition) is 6. The van der Waals surface area contributed by atoms with Crippen LogP contribution in [0.3, 0.4) is 0 Å². The summed E-state index contributed by atoms with van der Waals surface area (Å²) in [6.45, 7) is 5.66. The first-order chi connectivity index (χ1) is 13.8. The standard InChI is InChI=1S/C22H28N2O4/c25-19(14-23-10-12-24(13-11-23)18-6-2-1-3-7-18)15-26-16-20-17-27-21-8-4-5-9-22(21)28-20/h1-9,19-20,25H,10-17H2/t19-,20-/m1/s1. The number of fused-ring (bicyclic) bond motifs is 1. The molecule has 0 aliphatic carbocycles. The van der Waals surface area contributed by atoms with Crippen LogP contribution in [0.15, 0.2) is 54.6 Å². The fraction of sp³-hybridized carbons (Fsp3) is 0.455. The molecule has 6 nitrogen and oxygen atoms in total. The number of aliphatic hydroxyl groups is 1. The number of piperazine rings is 1. The molecule has 2 aromatic rings. The van der Waals surface area contributed by atoms with Crippen LogP contribution >= 0.6 is 0 Å². The summed E-state index contributed by atoms with van der Waals surface area (Å²) in [7, 11) is 0. The van der Waals surface area contributed by atoms with Crippen LogP contribution in [0, 0.1) is 0 Å². The summed E-state index contributed by atoms with van der Waals surface area (Å²) in [5, 5.41) is 10.3. The van der Waals surface area contributed by atoms with Crippen molar-refractivity contribution in [1.29, 1.82) is 0 Å². The van der Waals surface area contributed by atoms with Gasteiger partial charge in [-0.25, -0.2) is 0 Å². The minimum Gasteiger partial charge on any atom is -0.486 e. The van der Waals surface area contributed by atoms with Crippen LogP contribution in [0.2, 0.25) is 0 Å². The summed E-state index contributed by atoms with van der Waals surface area (Å²) in [4.78, 5) is 4.68. The minimum atomic E-state index is -0.500. The largest absolute Gasteiger partial charge is 0.486 e. The van der Waals surface area contributed by atoms with Crippen LogP contribution in [0.4, 0.5) is 5.69 Å². The van der Waals surface area contributed by atoms with Gasteiger partial charge in [-0.3, -0.25) is 4.90 Å². The summed E-state index contributed by atoms with van der Waals surface area (Å²) in [6, 6.07) is 18.1. The van der Waals surface area contributed by atoms with Crippen molar-refractivity contribution in [2.75, 3.05) is 57.4 Å². The Labute approximate surface area is 166 Å². The molecule has 1 saturated heterocycles. The Hall–Kier alpha value is -2.28. The first-order valence-electron chi connectivity index (χ1n) is 9.94. The molecule has 2 heterocycles. The fourth-order valence-corrected chi connectivity index (χ4v) is 3.66. The summed E-state index contributed by atoms with van der Waals surface area (Å²) >= 11 is 0. The first-order valence-corrected chi connectivity index (χ1v) is 9.94. The van der Waals surface area contributed by atoms with Gasteiger partial charge < -0.3 is 24.2 Å². The Morgan fingerprint density at radius 1 is 0.964 bits per heavy atom. The lowest BCUT2D eigenvalue weighted by atomic mass is 10.2. The van der Waals surface area contributed by atoms with Crippen LogP contribution in [-0.2, 0) is 4.74 Å². The van der Waals surface area contributed by atoms with Crippen LogP contribution in [-0.4, -0.2) is 74.8 Å². The van der Waals surface area contributed by atoms with Gasteiger partial charge in [-0.05, 0) is 24.3 Å².